The summed E-state index contributed by atoms with van der Waals surface area (Å²) in [7, 11) is 3.48. The molecule has 0 bridgehead atoms. The van der Waals surface area contributed by atoms with Gasteiger partial charge in [0.1, 0.15) is 17.2 Å². The number of hydrogen-bond donors (Lipinski definition) is 3. The Bertz CT molecular complexity index is 862. The van der Waals surface area contributed by atoms with Gasteiger partial charge in [-0.05, 0) is 44.9 Å². The zero-order valence-electron chi connectivity index (χ0n) is 19.1. The summed E-state index contributed by atoms with van der Waals surface area (Å²) in [6, 6.07) is 5.80. The lowest BCUT2D eigenvalue weighted by atomic mass is 10.0. The molecule has 5 N–H and O–H groups in total. The lowest BCUT2D eigenvalue weighted by Gasteiger charge is -2.40. The van der Waals surface area contributed by atoms with Gasteiger partial charge in [-0.1, -0.05) is 0 Å². The minimum absolute atomic E-state index is 0.0961. The van der Waals surface area contributed by atoms with Gasteiger partial charge in [0.05, 0.1) is 18.0 Å². The van der Waals surface area contributed by atoms with Crippen molar-refractivity contribution in [3.05, 3.63) is 35.5 Å². The molecule has 2 aliphatic rings. The number of piperazine rings is 1. The maximum absolute atomic E-state index is 8.63. The first-order chi connectivity index (χ1) is 14.8. The Labute approximate surface area is 185 Å². The van der Waals surface area contributed by atoms with Crippen LogP contribution in [0, 0.1) is 5.41 Å². The van der Waals surface area contributed by atoms with Crippen LogP contribution in [0.1, 0.15) is 32.3 Å². The largest absolute Gasteiger partial charge is 0.488 e. The van der Waals surface area contributed by atoms with E-state index in [4.69, 9.17) is 26.4 Å². The summed E-state index contributed by atoms with van der Waals surface area (Å²) < 4.78 is 11.2. The highest BCUT2D eigenvalue weighted by atomic mass is 16.5. The number of nitrogens with two attached hydrogens (primary N) is 2. The molecule has 1 aliphatic carbocycles. The van der Waals surface area contributed by atoms with Gasteiger partial charge < -0.3 is 25.8 Å². The van der Waals surface area contributed by atoms with Crippen LogP contribution in [-0.2, 0) is 4.74 Å². The van der Waals surface area contributed by atoms with Crippen molar-refractivity contribution in [1.29, 1.82) is 5.41 Å². The van der Waals surface area contributed by atoms with Crippen molar-refractivity contribution in [3.63, 3.8) is 0 Å². The van der Waals surface area contributed by atoms with Crippen molar-refractivity contribution in [2.45, 2.75) is 38.3 Å². The van der Waals surface area contributed by atoms with Crippen molar-refractivity contribution < 1.29 is 9.47 Å². The number of hydrogen-bond acceptors (Lipinski definition) is 7. The zero-order chi connectivity index (χ0) is 22.6. The molecule has 1 saturated heterocycles. The summed E-state index contributed by atoms with van der Waals surface area (Å²) in [5.41, 5.74) is 14.0. The number of amidine groups is 1. The minimum atomic E-state index is -0.0961. The standard InChI is InChI=1S/C23H36N6O2/c1-16-15-29(10-9-28(16)11-12-30-4)21(27-3)14-20(25)22(26)18-13-17(5-6-19(18)24)31-23(2)7-8-23/h5-6,13-14,16,26H,7-12,15,24-25H2,1-4H3/b20-14-,26-22?,27-21?/t16-/m1/s1. The number of allylic oxidation sites excluding steroid dienone is 1. The highest BCUT2D eigenvalue weighted by molar-refractivity contribution is 6.15. The Kier molecular flexibility index (Phi) is 7.23. The Morgan fingerprint density at radius 3 is 2.71 bits per heavy atom. The van der Waals surface area contributed by atoms with Crippen molar-refractivity contribution in [1.82, 2.24) is 9.80 Å². The van der Waals surface area contributed by atoms with Gasteiger partial charge in [0.2, 0.25) is 0 Å². The number of ether oxygens (including phenoxy) is 2. The molecule has 1 aliphatic heterocycles. The van der Waals surface area contributed by atoms with Crippen molar-refractivity contribution in [3.8, 4) is 5.75 Å². The molecule has 8 nitrogen and oxygen atoms in total. The number of nitrogen functional groups attached to an aromatic ring is 1. The lowest BCUT2D eigenvalue weighted by Crippen LogP contribution is -2.54. The zero-order valence-corrected chi connectivity index (χ0v) is 19.1. The van der Waals surface area contributed by atoms with Crippen LogP contribution in [0.4, 0.5) is 5.69 Å². The van der Waals surface area contributed by atoms with Gasteiger partial charge in [0.25, 0.3) is 0 Å². The van der Waals surface area contributed by atoms with Crippen LogP contribution in [0.25, 0.3) is 0 Å². The molecule has 1 aromatic rings. The van der Waals surface area contributed by atoms with Crippen molar-refractivity contribution in [2.24, 2.45) is 10.7 Å². The molecule has 0 radical (unpaired) electrons. The van der Waals surface area contributed by atoms with Crippen LogP contribution in [0.2, 0.25) is 0 Å². The third-order valence-corrected chi connectivity index (χ3v) is 6.09. The van der Waals surface area contributed by atoms with Crippen LogP contribution in [0.5, 0.6) is 5.75 Å². The second-order valence-corrected chi connectivity index (χ2v) is 8.68. The molecule has 8 heteroatoms. The molecule has 1 atom stereocenters. The van der Waals surface area contributed by atoms with Crippen LogP contribution in [0.15, 0.2) is 35.0 Å². The van der Waals surface area contributed by atoms with E-state index in [1.54, 1.807) is 32.4 Å². The number of aliphatic imine (C=N–C) groups is 1. The third-order valence-electron chi connectivity index (χ3n) is 6.09. The second kappa shape index (κ2) is 9.70. The summed E-state index contributed by atoms with van der Waals surface area (Å²) in [6.07, 6.45) is 3.86. The number of methoxy groups -OCH3 is 1. The Morgan fingerprint density at radius 2 is 2.10 bits per heavy atom. The number of nitrogens with zero attached hydrogens (tertiary/aromatic N) is 3. The van der Waals surface area contributed by atoms with Crippen molar-refractivity contribution in [2.75, 3.05) is 52.7 Å². The minimum Gasteiger partial charge on any atom is -0.488 e. The number of rotatable bonds is 8. The molecular weight excluding hydrogens is 392 g/mol. The summed E-state index contributed by atoms with van der Waals surface area (Å²) >= 11 is 0. The normalized spacial score (nSPS) is 21.8. The van der Waals surface area contributed by atoms with Gasteiger partial charge in [-0.25, -0.2) is 0 Å². The Hall–Kier alpha value is -2.58. The molecule has 0 unspecified atom stereocenters. The van der Waals surface area contributed by atoms with Crippen LogP contribution in [0.3, 0.4) is 0 Å². The smallest absolute Gasteiger partial charge is 0.125 e. The predicted molar refractivity (Wildman–Crippen MR) is 126 cm³/mol. The van der Waals surface area contributed by atoms with E-state index in [1.807, 2.05) is 6.07 Å². The van der Waals surface area contributed by atoms with Gasteiger partial charge in [-0.2, -0.15) is 0 Å². The molecule has 1 aromatic carbocycles. The quantitative estimate of drug-likeness (QED) is 0.332. The first kappa shape index (κ1) is 23.1. The first-order valence-corrected chi connectivity index (χ1v) is 10.9. The molecule has 1 saturated carbocycles. The van der Waals surface area contributed by atoms with E-state index in [2.05, 4.69) is 28.6 Å². The third kappa shape index (κ3) is 5.77. The number of anilines is 1. The fourth-order valence-electron chi connectivity index (χ4n) is 3.79. The molecule has 31 heavy (non-hydrogen) atoms. The lowest BCUT2D eigenvalue weighted by molar-refractivity contribution is 0.0844. The average molecular weight is 429 g/mol. The summed E-state index contributed by atoms with van der Waals surface area (Å²) in [4.78, 5) is 9.06. The topological polar surface area (TPSA) is 113 Å². The number of nitrogens with one attached hydrogen (secondary N) is 1. The highest BCUT2D eigenvalue weighted by Crippen LogP contribution is 2.40. The fourth-order valence-corrected chi connectivity index (χ4v) is 3.79. The van der Waals surface area contributed by atoms with E-state index in [0.717, 1.165) is 51.5 Å². The van der Waals surface area contributed by atoms with Gasteiger partial charge in [-0.3, -0.25) is 15.3 Å². The van der Waals surface area contributed by atoms with E-state index in [9.17, 15) is 0 Å². The first-order valence-electron chi connectivity index (χ1n) is 10.9. The van der Waals surface area contributed by atoms with Crippen molar-refractivity contribution >= 4 is 17.2 Å². The summed E-state index contributed by atoms with van der Waals surface area (Å²) in [5.74, 6) is 1.49. The van der Waals surface area contributed by atoms with E-state index in [0.29, 0.717) is 28.7 Å². The Balaban J connectivity index is 1.71. The maximum atomic E-state index is 8.63. The van der Waals surface area contributed by atoms with E-state index < -0.39 is 0 Å². The second-order valence-electron chi connectivity index (χ2n) is 8.68. The molecule has 170 valence electrons. The highest BCUT2D eigenvalue weighted by Gasteiger charge is 2.40. The monoisotopic (exact) mass is 428 g/mol. The molecule has 0 spiro atoms. The molecular formula is C23H36N6O2. The Morgan fingerprint density at radius 1 is 1.35 bits per heavy atom. The van der Waals surface area contributed by atoms with E-state index in [-0.39, 0.29) is 11.3 Å². The van der Waals surface area contributed by atoms with Crippen LogP contribution in [-0.4, -0.2) is 79.9 Å². The number of benzene rings is 1. The van der Waals surface area contributed by atoms with Gasteiger partial charge in [-0.15, -0.1) is 0 Å². The maximum Gasteiger partial charge on any atom is 0.125 e. The van der Waals surface area contributed by atoms with Crippen LogP contribution < -0.4 is 16.2 Å². The van der Waals surface area contributed by atoms with E-state index >= 15 is 0 Å². The van der Waals surface area contributed by atoms with Gasteiger partial charge in [0.15, 0.2) is 0 Å². The predicted octanol–water partition coefficient (Wildman–Crippen LogP) is 2.09. The fraction of sp³-hybridized carbons (Fsp3) is 0.565. The van der Waals surface area contributed by atoms with E-state index in [1.165, 1.54) is 0 Å². The summed E-state index contributed by atoms with van der Waals surface area (Å²) in [6.45, 7) is 8.56. The molecule has 3 rings (SSSR count). The molecule has 2 fully saturated rings. The molecule has 1 heterocycles. The molecule has 0 aromatic heterocycles. The summed E-state index contributed by atoms with van der Waals surface area (Å²) in [5, 5.41) is 8.63. The molecule has 0 amide bonds. The van der Waals surface area contributed by atoms with Gasteiger partial charge in [0, 0.05) is 63.7 Å². The average Bonchev–Trinajstić information content (AvgIpc) is 3.48. The SMILES string of the molecule is CN=C(/C=C(\N)C(=N)c1cc(OC2(C)CC2)ccc1N)N1CCN(CCOC)[C@H](C)C1. The van der Waals surface area contributed by atoms with Crippen LogP contribution >= 0.6 is 0 Å². The van der Waals surface area contributed by atoms with Gasteiger partial charge >= 0.3 is 0 Å².